The molecule has 3 aromatic carbocycles. The predicted molar refractivity (Wildman–Crippen MR) is 182 cm³/mol. The van der Waals surface area contributed by atoms with E-state index in [9.17, 15) is 9.59 Å². The molecule has 8 nitrogen and oxygen atoms in total. The second kappa shape index (κ2) is 12.8. The third-order valence-corrected chi connectivity index (χ3v) is 9.23. The molecule has 2 aromatic heterocycles. The molecule has 0 bridgehead atoms. The molecule has 46 heavy (non-hydrogen) atoms. The van der Waals surface area contributed by atoms with Crippen LogP contribution in [0.2, 0.25) is 0 Å². The Labute approximate surface area is 271 Å². The first kappa shape index (κ1) is 31.1. The Morgan fingerprint density at radius 1 is 1.04 bits per heavy atom. The van der Waals surface area contributed by atoms with Gasteiger partial charge in [0.25, 0.3) is 5.56 Å². The largest absolute Gasteiger partial charge is 0.497 e. The molecular weight excluding hydrogens is 598 g/mol. The van der Waals surface area contributed by atoms with Crippen molar-refractivity contribution in [2.45, 2.75) is 46.6 Å². The molecular formula is C37H37N3O5S. The van der Waals surface area contributed by atoms with Crippen molar-refractivity contribution in [3.05, 3.63) is 114 Å². The minimum atomic E-state index is -0.829. The highest BCUT2D eigenvalue weighted by Gasteiger charge is 2.36. The molecule has 0 amide bonds. The minimum Gasteiger partial charge on any atom is -0.497 e. The number of carbonyl (C=O) groups excluding carboxylic acids is 1. The minimum absolute atomic E-state index is 0.190. The number of aryl methyl sites for hydroxylation is 2. The van der Waals surface area contributed by atoms with Crippen molar-refractivity contribution in [3.63, 3.8) is 0 Å². The molecule has 236 valence electrons. The number of methoxy groups -OCH3 is 2. The number of nitrogens with zero attached hydrogens (tertiary/aromatic N) is 2. The van der Waals surface area contributed by atoms with Gasteiger partial charge in [-0.3, -0.25) is 9.36 Å². The van der Waals surface area contributed by atoms with Crippen molar-refractivity contribution in [1.82, 2.24) is 9.55 Å². The molecule has 5 aromatic rings. The Morgan fingerprint density at radius 2 is 1.83 bits per heavy atom. The Bertz CT molecular complexity index is 2170. The number of benzene rings is 3. The average molecular weight is 636 g/mol. The number of aromatic amines is 1. The van der Waals surface area contributed by atoms with Gasteiger partial charge in [-0.1, -0.05) is 66.6 Å². The van der Waals surface area contributed by atoms with E-state index < -0.39 is 12.0 Å². The van der Waals surface area contributed by atoms with Gasteiger partial charge in [0.15, 0.2) is 4.80 Å². The lowest BCUT2D eigenvalue weighted by Crippen LogP contribution is -2.40. The maximum absolute atomic E-state index is 14.6. The van der Waals surface area contributed by atoms with E-state index in [4.69, 9.17) is 19.2 Å². The van der Waals surface area contributed by atoms with E-state index in [2.05, 4.69) is 43.1 Å². The molecule has 1 N–H and O–H groups in total. The maximum Gasteiger partial charge on any atom is 0.338 e. The summed E-state index contributed by atoms with van der Waals surface area (Å²) in [6, 6.07) is 19.0. The summed E-state index contributed by atoms with van der Waals surface area (Å²) in [7, 11) is 3.15. The topological polar surface area (TPSA) is 94.9 Å². The van der Waals surface area contributed by atoms with Crippen LogP contribution in [0.4, 0.5) is 0 Å². The SMILES string of the molecule is CCCC1=C(C(=O)OCC)[C@@H](c2cc(OC)ccc2OC)n2c(s/c(=C\c3c(-c4ccccc4)[nH]c4c(C)cc(C)cc34)c2=O)=N1. The number of carbonyl (C=O) groups is 1. The van der Waals surface area contributed by atoms with Crippen LogP contribution in [0.5, 0.6) is 11.5 Å². The molecule has 1 aliphatic heterocycles. The number of hydrogen-bond donors (Lipinski definition) is 1. The van der Waals surface area contributed by atoms with Crippen molar-refractivity contribution in [2.75, 3.05) is 20.8 Å². The molecule has 6 rings (SSSR count). The van der Waals surface area contributed by atoms with Crippen LogP contribution in [0.25, 0.3) is 28.2 Å². The zero-order valence-electron chi connectivity index (χ0n) is 26.9. The van der Waals surface area contributed by atoms with Crippen LogP contribution >= 0.6 is 11.3 Å². The lowest BCUT2D eigenvalue weighted by Gasteiger charge is -2.27. The van der Waals surface area contributed by atoms with Gasteiger partial charge in [0, 0.05) is 22.0 Å². The number of allylic oxidation sites excluding steroid dienone is 1. The van der Waals surface area contributed by atoms with E-state index in [-0.39, 0.29) is 12.2 Å². The highest BCUT2D eigenvalue weighted by Crippen LogP contribution is 2.39. The zero-order chi connectivity index (χ0) is 32.5. The molecule has 0 saturated carbocycles. The number of H-pyrrole nitrogens is 1. The maximum atomic E-state index is 14.6. The molecule has 0 radical (unpaired) electrons. The lowest BCUT2D eigenvalue weighted by molar-refractivity contribution is -0.139. The third-order valence-electron chi connectivity index (χ3n) is 8.25. The molecule has 0 aliphatic carbocycles. The van der Waals surface area contributed by atoms with Crippen LogP contribution in [-0.4, -0.2) is 36.3 Å². The Kier molecular flexibility index (Phi) is 8.69. The highest BCUT2D eigenvalue weighted by atomic mass is 32.1. The zero-order valence-corrected chi connectivity index (χ0v) is 27.7. The summed E-state index contributed by atoms with van der Waals surface area (Å²) in [6.45, 7) is 8.16. The van der Waals surface area contributed by atoms with Crippen molar-refractivity contribution in [2.24, 2.45) is 4.99 Å². The molecule has 0 spiro atoms. The van der Waals surface area contributed by atoms with Crippen LogP contribution < -0.4 is 24.4 Å². The number of ether oxygens (including phenoxy) is 3. The predicted octanol–water partition coefficient (Wildman–Crippen LogP) is 6.36. The van der Waals surface area contributed by atoms with Crippen molar-refractivity contribution in [3.8, 4) is 22.8 Å². The van der Waals surface area contributed by atoms with Gasteiger partial charge >= 0.3 is 5.97 Å². The van der Waals surface area contributed by atoms with Crippen molar-refractivity contribution >= 4 is 34.3 Å². The van der Waals surface area contributed by atoms with Crippen LogP contribution in [0.3, 0.4) is 0 Å². The number of aromatic nitrogens is 2. The fourth-order valence-electron chi connectivity index (χ4n) is 6.25. The van der Waals surface area contributed by atoms with Gasteiger partial charge < -0.3 is 19.2 Å². The van der Waals surface area contributed by atoms with Crippen LogP contribution in [0.15, 0.2) is 81.7 Å². The Hall–Kier alpha value is -4.89. The van der Waals surface area contributed by atoms with E-state index in [1.54, 1.807) is 37.8 Å². The molecule has 9 heteroatoms. The summed E-state index contributed by atoms with van der Waals surface area (Å²) in [5.74, 6) is 0.592. The first-order chi connectivity index (χ1) is 22.3. The normalized spacial score (nSPS) is 14.7. The van der Waals surface area contributed by atoms with E-state index in [0.29, 0.717) is 44.1 Å². The van der Waals surface area contributed by atoms with Gasteiger partial charge in [-0.05, 0) is 68.7 Å². The Morgan fingerprint density at radius 3 is 2.52 bits per heavy atom. The summed E-state index contributed by atoms with van der Waals surface area (Å²) in [6.07, 6.45) is 3.26. The number of hydrogen-bond acceptors (Lipinski definition) is 7. The third kappa shape index (κ3) is 5.45. The fraction of sp³-hybridized carbons (Fsp3) is 0.270. The fourth-order valence-corrected chi connectivity index (χ4v) is 7.26. The number of nitrogens with one attached hydrogen (secondary N) is 1. The number of rotatable bonds is 9. The summed E-state index contributed by atoms with van der Waals surface area (Å²) < 4.78 is 19.0. The van der Waals surface area contributed by atoms with Crippen LogP contribution in [-0.2, 0) is 9.53 Å². The first-order valence-electron chi connectivity index (χ1n) is 15.4. The van der Waals surface area contributed by atoms with E-state index >= 15 is 0 Å². The molecule has 0 saturated heterocycles. The molecule has 3 heterocycles. The van der Waals surface area contributed by atoms with Crippen LogP contribution in [0.1, 0.15) is 55.0 Å². The van der Waals surface area contributed by atoms with Crippen LogP contribution in [0, 0.1) is 13.8 Å². The average Bonchev–Trinajstić information content (AvgIpc) is 3.57. The second-order valence-corrected chi connectivity index (χ2v) is 12.3. The molecule has 0 fully saturated rings. The van der Waals surface area contributed by atoms with E-state index in [1.165, 1.54) is 11.3 Å². The lowest BCUT2D eigenvalue weighted by atomic mass is 9.93. The number of esters is 1. The van der Waals surface area contributed by atoms with Gasteiger partial charge in [-0.15, -0.1) is 0 Å². The summed E-state index contributed by atoms with van der Waals surface area (Å²) in [5.41, 5.74) is 7.45. The highest BCUT2D eigenvalue weighted by molar-refractivity contribution is 7.07. The standard InChI is InChI=1S/C37H37N3O5S/c1-7-12-28-31(36(42)45-8-2)34(27-19-24(43-5)15-16-29(27)44-6)40-35(41)30(46-37(40)38-28)20-26-25-18-21(3)17-22(4)32(25)39-33(26)23-13-10-9-11-14-23/h9-11,13-20,34,39H,7-8,12H2,1-6H3/b30-20-/t34-/m1/s1. The van der Waals surface area contributed by atoms with E-state index in [0.717, 1.165) is 45.3 Å². The quantitative estimate of drug-likeness (QED) is 0.190. The molecule has 1 atom stereocenters. The van der Waals surface area contributed by atoms with Gasteiger partial charge in [0.2, 0.25) is 0 Å². The molecule has 0 unspecified atom stereocenters. The van der Waals surface area contributed by atoms with Gasteiger partial charge in [-0.2, -0.15) is 0 Å². The van der Waals surface area contributed by atoms with Gasteiger partial charge in [0.1, 0.15) is 17.5 Å². The van der Waals surface area contributed by atoms with E-state index in [1.807, 2.05) is 37.3 Å². The van der Waals surface area contributed by atoms with Crippen molar-refractivity contribution in [1.29, 1.82) is 0 Å². The second-order valence-electron chi connectivity index (χ2n) is 11.3. The van der Waals surface area contributed by atoms with Crippen molar-refractivity contribution < 1.29 is 19.0 Å². The summed E-state index contributed by atoms with van der Waals surface area (Å²) >= 11 is 1.32. The molecule has 1 aliphatic rings. The van der Waals surface area contributed by atoms with Gasteiger partial charge in [0.05, 0.1) is 42.3 Å². The number of fused-ring (bicyclic) bond motifs is 2. The smallest absolute Gasteiger partial charge is 0.338 e. The van der Waals surface area contributed by atoms with Gasteiger partial charge in [-0.25, -0.2) is 9.79 Å². The number of thiazole rings is 1. The monoisotopic (exact) mass is 635 g/mol. The summed E-state index contributed by atoms with van der Waals surface area (Å²) in [5, 5.41) is 1.03. The Balaban J connectivity index is 1.68. The first-order valence-corrected chi connectivity index (χ1v) is 16.2. The summed E-state index contributed by atoms with van der Waals surface area (Å²) in [4.78, 5) is 37.4.